The quantitative estimate of drug-likeness (QED) is 0.0216. The highest BCUT2D eigenvalue weighted by Gasteiger charge is 2.26. The molecule has 0 aromatic carbocycles. The van der Waals surface area contributed by atoms with Crippen LogP contribution in [-0.4, -0.2) is 75.6 Å². The van der Waals surface area contributed by atoms with E-state index in [0.717, 1.165) is 44.9 Å². The summed E-state index contributed by atoms with van der Waals surface area (Å²) in [5.74, 6) is -0.320. The predicted octanol–water partition coefficient (Wildman–Crippen LogP) is 13.8. The van der Waals surface area contributed by atoms with Gasteiger partial charge in [-0.2, -0.15) is 0 Å². The number of nitrogens with zero attached hydrogens (tertiary/aromatic N) is 1. The number of allylic oxidation sites excluding steroid dienone is 2. The number of phosphoric acid groups is 1. The molecule has 0 fully saturated rings. The SMILES string of the molecule is CCCC/C=C\CCCCCCCC(=O)OC(COCCCCCCCCCCCCCCCCCCCCCCCC)COP(=O)(O)OCC[N+](C)(C)C. The zero-order valence-electron chi connectivity index (χ0n) is 37.2. The summed E-state index contributed by atoms with van der Waals surface area (Å²) in [4.78, 5) is 22.8. The van der Waals surface area contributed by atoms with Gasteiger partial charge in [0.2, 0.25) is 0 Å². The van der Waals surface area contributed by atoms with Crippen molar-refractivity contribution in [2.45, 2.75) is 225 Å². The van der Waals surface area contributed by atoms with Crippen molar-refractivity contribution in [3.8, 4) is 0 Å². The summed E-state index contributed by atoms with van der Waals surface area (Å²) < 4.78 is 35.0. The molecule has 0 rings (SSSR count). The molecular formula is C46H93NO7P+. The fraction of sp³-hybridized carbons (Fsp3) is 0.935. The lowest BCUT2D eigenvalue weighted by atomic mass is 10.0. The highest BCUT2D eigenvalue weighted by molar-refractivity contribution is 7.47. The maximum Gasteiger partial charge on any atom is 0.472 e. The number of phosphoric ester groups is 1. The van der Waals surface area contributed by atoms with E-state index >= 15 is 0 Å². The molecule has 0 aliphatic rings. The normalized spacial score (nSPS) is 13.8. The number of likely N-dealkylation sites (N-methyl/N-ethyl adjacent to an activating group) is 1. The number of quaternary nitrogens is 1. The van der Waals surface area contributed by atoms with Crippen molar-refractivity contribution in [2.75, 3.05) is 54.1 Å². The average Bonchev–Trinajstić information content (AvgIpc) is 3.13. The molecule has 0 saturated carbocycles. The third-order valence-electron chi connectivity index (χ3n) is 10.3. The predicted molar refractivity (Wildman–Crippen MR) is 234 cm³/mol. The third-order valence-corrected chi connectivity index (χ3v) is 11.3. The maximum absolute atomic E-state index is 12.6. The van der Waals surface area contributed by atoms with Crippen LogP contribution >= 0.6 is 7.82 Å². The zero-order valence-corrected chi connectivity index (χ0v) is 38.1. The minimum atomic E-state index is -4.27. The molecule has 0 radical (unpaired) electrons. The molecule has 0 aliphatic carbocycles. The van der Waals surface area contributed by atoms with Gasteiger partial charge in [-0.3, -0.25) is 13.8 Å². The van der Waals surface area contributed by atoms with Crippen molar-refractivity contribution >= 4 is 13.8 Å². The lowest BCUT2D eigenvalue weighted by molar-refractivity contribution is -0.870. The fourth-order valence-corrected chi connectivity index (χ4v) is 7.39. The number of hydrogen-bond acceptors (Lipinski definition) is 6. The molecular weight excluding hydrogens is 709 g/mol. The number of unbranched alkanes of at least 4 members (excludes halogenated alkanes) is 28. The Bertz CT molecular complexity index is 894. The van der Waals surface area contributed by atoms with Gasteiger partial charge in [-0.15, -0.1) is 0 Å². The monoisotopic (exact) mass is 803 g/mol. The molecule has 2 atom stereocenters. The van der Waals surface area contributed by atoms with Gasteiger partial charge in [0.25, 0.3) is 0 Å². The van der Waals surface area contributed by atoms with E-state index in [0.29, 0.717) is 24.1 Å². The second-order valence-corrected chi connectivity index (χ2v) is 18.6. The first kappa shape index (κ1) is 54.2. The summed E-state index contributed by atoms with van der Waals surface area (Å²) in [6.45, 7) is 5.62. The van der Waals surface area contributed by atoms with Crippen LogP contribution in [0.4, 0.5) is 0 Å². The smallest absolute Gasteiger partial charge is 0.457 e. The summed E-state index contributed by atoms with van der Waals surface area (Å²) in [5.41, 5.74) is 0. The van der Waals surface area contributed by atoms with Gasteiger partial charge in [0.1, 0.15) is 19.3 Å². The Balaban J connectivity index is 4.06. The van der Waals surface area contributed by atoms with Gasteiger partial charge in [0.15, 0.2) is 0 Å². The van der Waals surface area contributed by atoms with Gasteiger partial charge >= 0.3 is 13.8 Å². The first-order valence-electron chi connectivity index (χ1n) is 23.4. The zero-order chi connectivity index (χ0) is 40.6. The van der Waals surface area contributed by atoms with Crippen LogP contribution in [0.3, 0.4) is 0 Å². The minimum absolute atomic E-state index is 0.0902. The van der Waals surface area contributed by atoms with Crippen LogP contribution < -0.4 is 0 Å². The molecule has 0 spiro atoms. The van der Waals surface area contributed by atoms with Crippen molar-refractivity contribution in [1.29, 1.82) is 0 Å². The van der Waals surface area contributed by atoms with Gasteiger partial charge in [0, 0.05) is 13.0 Å². The molecule has 2 unspecified atom stereocenters. The van der Waals surface area contributed by atoms with Crippen LogP contribution in [0.5, 0.6) is 0 Å². The Hall–Kier alpha value is -0.760. The number of carbonyl (C=O) groups excluding carboxylic acids is 1. The second-order valence-electron chi connectivity index (χ2n) is 17.1. The minimum Gasteiger partial charge on any atom is -0.457 e. The van der Waals surface area contributed by atoms with Crippen molar-refractivity contribution < 1.29 is 37.3 Å². The molecule has 9 heteroatoms. The van der Waals surface area contributed by atoms with Gasteiger partial charge in [-0.25, -0.2) is 4.57 Å². The first-order chi connectivity index (χ1) is 26.6. The summed E-state index contributed by atoms with van der Waals surface area (Å²) in [7, 11) is 1.67. The van der Waals surface area contributed by atoms with Crippen LogP contribution in [-0.2, 0) is 27.9 Å². The summed E-state index contributed by atoms with van der Waals surface area (Å²) in [5, 5.41) is 0. The molecule has 8 nitrogen and oxygen atoms in total. The standard InChI is InChI=1S/C46H92NO7P/c1-6-8-10-12-14-16-18-19-20-21-22-23-24-25-26-27-28-30-32-34-36-38-41-51-43-45(44-53-55(49,50)52-42-40-47(3,4)5)54-46(48)39-37-35-33-31-29-17-15-13-11-9-7-2/h13,15,45H,6-12,14,16-44H2,1-5H3/p+1/b15-13-. The van der Waals surface area contributed by atoms with Crippen LogP contribution in [0.2, 0.25) is 0 Å². The molecule has 328 valence electrons. The van der Waals surface area contributed by atoms with Crippen LogP contribution in [0.1, 0.15) is 219 Å². The van der Waals surface area contributed by atoms with Crippen molar-refractivity contribution in [2.24, 2.45) is 0 Å². The van der Waals surface area contributed by atoms with E-state index in [9.17, 15) is 14.3 Å². The highest BCUT2D eigenvalue weighted by Crippen LogP contribution is 2.43. The molecule has 0 heterocycles. The fourth-order valence-electron chi connectivity index (χ4n) is 6.65. The number of ether oxygens (including phenoxy) is 2. The second kappa shape index (κ2) is 40.0. The van der Waals surface area contributed by atoms with Crippen LogP contribution in [0.25, 0.3) is 0 Å². The Morgan fingerprint density at radius 1 is 0.545 bits per heavy atom. The number of esters is 1. The van der Waals surface area contributed by atoms with Crippen molar-refractivity contribution in [3.63, 3.8) is 0 Å². The molecule has 0 aromatic heterocycles. The van der Waals surface area contributed by atoms with E-state index in [1.54, 1.807) is 0 Å². The molecule has 0 saturated heterocycles. The lowest BCUT2D eigenvalue weighted by Crippen LogP contribution is -2.37. The third kappa shape index (κ3) is 44.2. The summed E-state index contributed by atoms with van der Waals surface area (Å²) in [6, 6.07) is 0. The Labute approximate surface area is 341 Å². The van der Waals surface area contributed by atoms with Gasteiger partial charge < -0.3 is 18.9 Å². The summed E-state index contributed by atoms with van der Waals surface area (Å²) in [6.07, 6.45) is 44.0. The number of rotatable bonds is 44. The Morgan fingerprint density at radius 2 is 0.964 bits per heavy atom. The lowest BCUT2D eigenvalue weighted by Gasteiger charge is -2.24. The molecule has 0 aromatic rings. The number of hydrogen-bond donors (Lipinski definition) is 1. The molecule has 0 amide bonds. The topological polar surface area (TPSA) is 91.3 Å². The van der Waals surface area contributed by atoms with E-state index < -0.39 is 13.9 Å². The largest absolute Gasteiger partial charge is 0.472 e. The Kier molecular flexibility index (Phi) is 39.5. The maximum atomic E-state index is 12.6. The molecule has 0 aliphatic heterocycles. The number of carbonyl (C=O) groups is 1. The highest BCUT2D eigenvalue weighted by atomic mass is 31.2. The summed E-state index contributed by atoms with van der Waals surface area (Å²) >= 11 is 0. The van der Waals surface area contributed by atoms with Gasteiger partial charge in [-0.1, -0.05) is 193 Å². The Morgan fingerprint density at radius 3 is 1.44 bits per heavy atom. The van der Waals surface area contributed by atoms with Gasteiger partial charge in [-0.05, 0) is 32.1 Å². The van der Waals surface area contributed by atoms with E-state index in [1.165, 1.54) is 154 Å². The molecule has 55 heavy (non-hydrogen) atoms. The van der Waals surface area contributed by atoms with E-state index in [4.69, 9.17) is 18.5 Å². The van der Waals surface area contributed by atoms with Gasteiger partial charge in [0.05, 0.1) is 34.4 Å². The van der Waals surface area contributed by atoms with E-state index in [1.807, 2.05) is 21.1 Å². The van der Waals surface area contributed by atoms with E-state index in [-0.39, 0.29) is 25.8 Å². The van der Waals surface area contributed by atoms with Crippen molar-refractivity contribution in [1.82, 2.24) is 0 Å². The first-order valence-corrected chi connectivity index (χ1v) is 24.9. The van der Waals surface area contributed by atoms with Crippen LogP contribution in [0.15, 0.2) is 12.2 Å². The van der Waals surface area contributed by atoms with Crippen LogP contribution in [0, 0.1) is 0 Å². The molecule has 0 bridgehead atoms. The average molecular weight is 803 g/mol. The van der Waals surface area contributed by atoms with E-state index in [2.05, 4.69) is 26.0 Å². The molecule has 1 N–H and O–H groups in total. The van der Waals surface area contributed by atoms with Crippen molar-refractivity contribution in [3.05, 3.63) is 12.2 Å².